The number of nitrogens with zero attached hydrogens (tertiary/aromatic N) is 2. The Bertz CT molecular complexity index is 500. The minimum absolute atomic E-state index is 0.616. The molecule has 0 aliphatic carbocycles. The van der Waals surface area contributed by atoms with Crippen molar-refractivity contribution in [1.82, 2.24) is 4.98 Å². The molecule has 0 unspecified atom stereocenters. The van der Waals surface area contributed by atoms with Gasteiger partial charge in [0.1, 0.15) is 6.07 Å². The summed E-state index contributed by atoms with van der Waals surface area (Å²) in [6.45, 7) is 0. The highest BCUT2D eigenvalue weighted by molar-refractivity contribution is 9.10. The third-order valence-electron chi connectivity index (χ3n) is 1.80. The molecule has 0 bridgehead atoms. The van der Waals surface area contributed by atoms with Crippen LogP contribution >= 0.6 is 15.9 Å². The van der Waals surface area contributed by atoms with Crippen LogP contribution in [-0.2, 0) is 0 Å². The number of hydrogen-bond acceptors (Lipinski definition) is 2. The van der Waals surface area contributed by atoms with Gasteiger partial charge in [0.15, 0.2) is 0 Å². The Morgan fingerprint density at radius 3 is 3.00 bits per heavy atom. The van der Waals surface area contributed by atoms with Crippen LogP contribution in [-0.4, -0.2) is 4.98 Å². The van der Waals surface area contributed by atoms with Gasteiger partial charge in [0.05, 0.1) is 11.1 Å². The summed E-state index contributed by atoms with van der Waals surface area (Å²) in [6.07, 6.45) is 1.70. The van der Waals surface area contributed by atoms with Gasteiger partial charge in [0.2, 0.25) is 0 Å². The molecule has 1 aromatic carbocycles. The molecule has 0 atom stereocenters. The van der Waals surface area contributed by atoms with Crippen LogP contribution in [0.5, 0.6) is 0 Å². The predicted molar refractivity (Wildman–Crippen MR) is 54.2 cm³/mol. The first-order valence-corrected chi connectivity index (χ1v) is 4.55. The van der Waals surface area contributed by atoms with Crippen molar-refractivity contribution in [2.45, 2.75) is 0 Å². The molecule has 2 nitrogen and oxygen atoms in total. The molecule has 0 N–H and O–H groups in total. The van der Waals surface area contributed by atoms with Crippen LogP contribution < -0.4 is 0 Å². The summed E-state index contributed by atoms with van der Waals surface area (Å²) < 4.78 is 0.926. The van der Waals surface area contributed by atoms with Crippen LogP contribution in [0.3, 0.4) is 0 Å². The van der Waals surface area contributed by atoms with Crippen LogP contribution in [0.4, 0.5) is 0 Å². The summed E-state index contributed by atoms with van der Waals surface area (Å²) in [7, 11) is 0. The van der Waals surface area contributed by atoms with Crippen LogP contribution in [0.2, 0.25) is 0 Å². The zero-order valence-corrected chi connectivity index (χ0v) is 8.25. The number of benzene rings is 1. The number of rotatable bonds is 0. The van der Waals surface area contributed by atoms with Crippen LogP contribution in [0.25, 0.3) is 10.9 Å². The fourth-order valence-electron chi connectivity index (χ4n) is 1.22. The average molecular weight is 233 g/mol. The van der Waals surface area contributed by atoms with Gasteiger partial charge in [-0.3, -0.25) is 4.98 Å². The van der Waals surface area contributed by atoms with Crippen molar-refractivity contribution in [2.24, 2.45) is 0 Å². The van der Waals surface area contributed by atoms with Crippen LogP contribution in [0, 0.1) is 11.3 Å². The molecule has 13 heavy (non-hydrogen) atoms. The van der Waals surface area contributed by atoms with E-state index in [9.17, 15) is 0 Å². The van der Waals surface area contributed by atoms with Crippen molar-refractivity contribution in [3.63, 3.8) is 0 Å². The van der Waals surface area contributed by atoms with E-state index in [4.69, 9.17) is 5.26 Å². The fraction of sp³-hybridized carbons (Fsp3) is 0. The lowest BCUT2D eigenvalue weighted by molar-refractivity contribution is 1.37. The minimum Gasteiger partial charge on any atom is -0.254 e. The molecular weight excluding hydrogens is 228 g/mol. The maximum atomic E-state index is 8.80. The first-order chi connectivity index (χ1) is 6.31. The molecule has 0 amide bonds. The Balaban J connectivity index is 2.87. The SMILES string of the molecule is N#Cc1cccc2cc(Br)cnc12. The Kier molecular flexibility index (Phi) is 1.99. The normalized spacial score (nSPS) is 9.85. The van der Waals surface area contributed by atoms with Gasteiger partial charge < -0.3 is 0 Å². The van der Waals surface area contributed by atoms with E-state index in [1.54, 1.807) is 12.3 Å². The van der Waals surface area contributed by atoms with Crippen molar-refractivity contribution in [1.29, 1.82) is 5.26 Å². The largest absolute Gasteiger partial charge is 0.254 e. The first kappa shape index (κ1) is 8.21. The maximum absolute atomic E-state index is 8.80. The lowest BCUT2D eigenvalue weighted by Gasteiger charge is -1.98. The number of aromatic nitrogens is 1. The zero-order chi connectivity index (χ0) is 9.26. The Labute approximate surface area is 84.0 Å². The molecular formula is C10H5BrN2. The topological polar surface area (TPSA) is 36.7 Å². The molecule has 2 rings (SSSR count). The molecule has 0 aliphatic rings. The van der Waals surface area contributed by atoms with E-state index in [0.717, 1.165) is 15.4 Å². The Hall–Kier alpha value is -1.40. The lowest BCUT2D eigenvalue weighted by atomic mass is 10.1. The van der Waals surface area contributed by atoms with Crippen molar-refractivity contribution in [2.75, 3.05) is 0 Å². The number of pyridine rings is 1. The van der Waals surface area contributed by atoms with Crippen molar-refractivity contribution in [3.8, 4) is 6.07 Å². The average Bonchev–Trinajstić information content (AvgIpc) is 2.16. The number of para-hydroxylation sites is 1. The van der Waals surface area contributed by atoms with Crippen LogP contribution in [0.1, 0.15) is 5.56 Å². The standard InChI is InChI=1S/C10H5BrN2/c11-9-4-7-2-1-3-8(5-12)10(7)13-6-9/h1-4,6H. The summed E-state index contributed by atoms with van der Waals surface area (Å²) >= 11 is 3.33. The second kappa shape index (κ2) is 3.15. The molecule has 0 spiro atoms. The molecule has 0 saturated carbocycles. The summed E-state index contributed by atoms with van der Waals surface area (Å²) in [6, 6.07) is 9.62. The zero-order valence-electron chi connectivity index (χ0n) is 6.66. The van der Waals surface area contributed by atoms with Gasteiger partial charge >= 0.3 is 0 Å². The van der Waals surface area contributed by atoms with Gasteiger partial charge in [-0.25, -0.2) is 0 Å². The number of fused-ring (bicyclic) bond motifs is 1. The van der Waals surface area contributed by atoms with Crippen molar-refractivity contribution >= 4 is 26.8 Å². The van der Waals surface area contributed by atoms with Crippen molar-refractivity contribution in [3.05, 3.63) is 40.5 Å². The highest BCUT2D eigenvalue weighted by Crippen LogP contribution is 2.19. The van der Waals surface area contributed by atoms with Gasteiger partial charge in [0, 0.05) is 16.1 Å². The third-order valence-corrected chi connectivity index (χ3v) is 2.23. The van der Waals surface area contributed by atoms with Gasteiger partial charge in [-0.15, -0.1) is 0 Å². The predicted octanol–water partition coefficient (Wildman–Crippen LogP) is 2.87. The number of hydrogen-bond donors (Lipinski definition) is 0. The summed E-state index contributed by atoms with van der Waals surface area (Å²) in [5.74, 6) is 0. The summed E-state index contributed by atoms with van der Waals surface area (Å²) in [5, 5.41) is 9.78. The molecule has 0 radical (unpaired) electrons. The Morgan fingerprint density at radius 2 is 2.23 bits per heavy atom. The molecule has 0 saturated heterocycles. The van der Waals surface area contributed by atoms with Crippen LogP contribution in [0.15, 0.2) is 34.9 Å². The summed E-state index contributed by atoms with van der Waals surface area (Å²) in [5.41, 5.74) is 1.37. The summed E-state index contributed by atoms with van der Waals surface area (Å²) in [4.78, 5) is 4.18. The molecule has 2 aromatic rings. The second-order valence-corrected chi connectivity index (χ2v) is 3.56. The monoisotopic (exact) mass is 232 g/mol. The van der Waals surface area contributed by atoms with Gasteiger partial charge in [0.25, 0.3) is 0 Å². The highest BCUT2D eigenvalue weighted by atomic mass is 79.9. The lowest BCUT2D eigenvalue weighted by Crippen LogP contribution is -1.83. The van der Waals surface area contributed by atoms with E-state index in [-0.39, 0.29) is 0 Å². The van der Waals surface area contributed by atoms with E-state index < -0.39 is 0 Å². The van der Waals surface area contributed by atoms with E-state index in [1.165, 1.54) is 0 Å². The molecule has 3 heteroatoms. The number of halogens is 1. The van der Waals surface area contributed by atoms with Gasteiger partial charge in [-0.1, -0.05) is 12.1 Å². The fourth-order valence-corrected chi connectivity index (χ4v) is 1.57. The van der Waals surface area contributed by atoms with E-state index in [1.807, 2.05) is 18.2 Å². The van der Waals surface area contributed by atoms with Gasteiger partial charge in [-0.05, 0) is 28.1 Å². The van der Waals surface area contributed by atoms with E-state index >= 15 is 0 Å². The minimum atomic E-state index is 0.616. The number of nitriles is 1. The molecule has 1 heterocycles. The van der Waals surface area contributed by atoms with E-state index in [0.29, 0.717) is 5.56 Å². The van der Waals surface area contributed by atoms with Gasteiger partial charge in [-0.2, -0.15) is 5.26 Å². The highest BCUT2D eigenvalue weighted by Gasteiger charge is 2.00. The second-order valence-electron chi connectivity index (χ2n) is 2.64. The quantitative estimate of drug-likeness (QED) is 0.701. The Morgan fingerprint density at radius 1 is 1.38 bits per heavy atom. The molecule has 62 valence electrons. The smallest absolute Gasteiger partial charge is 0.101 e. The first-order valence-electron chi connectivity index (χ1n) is 3.75. The maximum Gasteiger partial charge on any atom is 0.101 e. The van der Waals surface area contributed by atoms with Crippen molar-refractivity contribution < 1.29 is 0 Å². The van der Waals surface area contributed by atoms with E-state index in [2.05, 4.69) is 27.0 Å². The molecule has 0 fully saturated rings. The molecule has 1 aromatic heterocycles. The third kappa shape index (κ3) is 1.41. The molecule has 0 aliphatic heterocycles.